The molecule has 5 heteroatoms. The lowest BCUT2D eigenvalue weighted by Crippen LogP contribution is -2.45. The molecular weight excluding hydrogens is 312 g/mol. The maximum Gasteiger partial charge on any atom is 0.239 e. The van der Waals surface area contributed by atoms with E-state index < -0.39 is 6.04 Å². The van der Waals surface area contributed by atoms with E-state index in [0.29, 0.717) is 24.7 Å². The topological polar surface area (TPSA) is 55.6 Å². The van der Waals surface area contributed by atoms with Gasteiger partial charge >= 0.3 is 0 Å². The first kappa shape index (κ1) is 16.0. The summed E-state index contributed by atoms with van der Waals surface area (Å²) in [4.78, 5) is 14.1. The molecule has 0 spiro atoms. The van der Waals surface area contributed by atoms with Crippen LogP contribution in [0, 0.1) is 0 Å². The zero-order valence-electron chi connectivity index (χ0n) is 12.7. The van der Waals surface area contributed by atoms with E-state index in [-0.39, 0.29) is 12.0 Å². The molecule has 2 aromatic carbocycles. The van der Waals surface area contributed by atoms with E-state index in [9.17, 15) is 4.79 Å². The van der Waals surface area contributed by atoms with Crippen LogP contribution in [0.25, 0.3) is 0 Å². The number of primary amides is 1. The summed E-state index contributed by atoms with van der Waals surface area (Å²) in [5.41, 5.74) is 7.63. The van der Waals surface area contributed by atoms with Crippen molar-refractivity contribution in [3.63, 3.8) is 0 Å². The van der Waals surface area contributed by atoms with E-state index in [0.717, 1.165) is 11.1 Å². The predicted molar refractivity (Wildman–Crippen MR) is 90.1 cm³/mol. The standard InChI is InChI=1S/C18H19ClN2O2/c19-15-8-6-13(7-9-15)16-12-21(10-11-23-16)17(18(20)22)14-4-2-1-3-5-14/h1-9,16-17H,10-12H2,(H2,20,22). The quantitative estimate of drug-likeness (QED) is 0.937. The number of hydrogen-bond acceptors (Lipinski definition) is 3. The first-order chi connectivity index (χ1) is 11.1. The Labute approximate surface area is 140 Å². The van der Waals surface area contributed by atoms with Gasteiger partial charge in [0.25, 0.3) is 0 Å². The van der Waals surface area contributed by atoms with Gasteiger partial charge in [-0.2, -0.15) is 0 Å². The minimum atomic E-state index is -0.435. The minimum Gasteiger partial charge on any atom is -0.371 e. The van der Waals surface area contributed by atoms with E-state index >= 15 is 0 Å². The lowest BCUT2D eigenvalue weighted by molar-refractivity contribution is -0.127. The van der Waals surface area contributed by atoms with Gasteiger partial charge in [0, 0.05) is 18.1 Å². The molecule has 0 aliphatic carbocycles. The average Bonchev–Trinajstić information content (AvgIpc) is 2.57. The third-order valence-electron chi connectivity index (χ3n) is 4.09. The number of carbonyl (C=O) groups excluding carboxylic acids is 1. The summed E-state index contributed by atoms with van der Waals surface area (Å²) >= 11 is 5.94. The molecule has 0 bridgehead atoms. The maximum absolute atomic E-state index is 12.0. The predicted octanol–water partition coefficient (Wildman–Crippen LogP) is 2.94. The molecule has 1 aliphatic rings. The van der Waals surface area contributed by atoms with Crippen molar-refractivity contribution in [2.45, 2.75) is 12.1 Å². The van der Waals surface area contributed by atoms with Gasteiger partial charge in [-0.1, -0.05) is 54.1 Å². The van der Waals surface area contributed by atoms with Crippen LogP contribution in [0.4, 0.5) is 0 Å². The Bertz CT molecular complexity index is 660. The summed E-state index contributed by atoms with van der Waals surface area (Å²) in [5, 5.41) is 0.695. The van der Waals surface area contributed by atoms with Crippen LogP contribution in [0.5, 0.6) is 0 Å². The van der Waals surface area contributed by atoms with Crippen molar-refractivity contribution in [1.82, 2.24) is 4.90 Å². The number of nitrogens with two attached hydrogens (primary N) is 1. The second kappa shape index (κ2) is 7.13. The molecule has 3 rings (SSSR count). The number of carbonyl (C=O) groups is 1. The highest BCUT2D eigenvalue weighted by Crippen LogP contribution is 2.29. The van der Waals surface area contributed by atoms with Crippen molar-refractivity contribution in [3.05, 3.63) is 70.7 Å². The average molecular weight is 331 g/mol. The number of halogens is 1. The van der Waals surface area contributed by atoms with Crippen LogP contribution in [0.3, 0.4) is 0 Å². The number of amides is 1. The molecule has 2 aromatic rings. The van der Waals surface area contributed by atoms with E-state index in [1.54, 1.807) is 0 Å². The molecule has 4 nitrogen and oxygen atoms in total. The van der Waals surface area contributed by atoms with Crippen LogP contribution in [0.1, 0.15) is 23.3 Å². The first-order valence-electron chi connectivity index (χ1n) is 7.60. The van der Waals surface area contributed by atoms with Crippen molar-refractivity contribution in [3.8, 4) is 0 Å². The van der Waals surface area contributed by atoms with Crippen molar-refractivity contribution >= 4 is 17.5 Å². The molecule has 2 N–H and O–H groups in total. The van der Waals surface area contributed by atoms with Crippen molar-refractivity contribution < 1.29 is 9.53 Å². The number of hydrogen-bond donors (Lipinski definition) is 1. The highest BCUT2D eigenvalue weighted by molar-refractivity contribution is 6.30. The second-order valence-electron chi connectivity index (χ2n) is 5.62. The van der Waals surface area contributed by atoms with Gasteiger partial charge in [0.05, 0.1) is 12.7 Å². The third-order valence-corrected chi connectivity index (χ3v) is 4.34. The fourth-order valence-corrected chi connectivity index (χ4v) is 3.10. The van der Waals surface area contributed by atoms with Gasteiger partial charge in [-0.25, -0.2) is 0 Å². The fourth-order valence-electron chi connectivity index (χ4n) is 2.97. The molecule has 0 saturated carbocycles. The maximum atomic E-state index is 12.0. The SMILES string of the molecule is NC(=O)C(c1ccccc1)N1CCOC(c2ccc(Cl)cc2)C1. The Hall–Kier alpha value is -1.88. The number of nitrogens with zero attached hydrogens (tertiary/aromatic N) is 1. The Balaban J connectivity index is 1.81. The number of morpholine rings is 1. The third kappa shape index (κ3) is 3.72. The molecule has 0 aromatic heterocycles. The number of rotatable bonds is 4. The van der Waals surface area contributed by atoms with Gasteiger partial charge < -0.3 is 10.5 Å². The van der Waals surface area contributed by atoms with Crippen LogP contribution < -0.4 is 5.73 Å². The molecule has 2 atom stereocenters. The summed E-state index contributed by atoms with van der Waals surface area (Å²) in [5.74, 6) is -0.340. The lowest BCUT2D eigenvalue weighted by Gasteiger charge is -2.37. The van der Waals surface area contributed by atoms with Crippen molar-refractivity contribution in [1.29, 1.82) is 0 Å². The second-order valence-corrected chi connectivity index (χ2v) is 6.06. The number of ether oxygens (including phenoxy) is 1. The summed E-state index contributed by atoms with van der Waals surface area (Å²) in [6, 6.07) is 16.8. The van der Waals surface area contributed by atoms with Crippen LogP contribution in [-0.4, -0.2) is 30.5 Å². The summed E-state index contributed by atoms with van der Waals surface area (Å²) in [7, 11) is 0. The van der Waals surface area contributed by atoms with Crippen LogP contribution in [-0.2, 0) is 9.53 Å². The molecule has 1 fully saturated rings. The molecule has 1 saturated heterocycles. The Kier molecular flexibility index (Phi) is 4.96. The molecule has 0 radical (unpaired) electrons. The van der Waals surface area contributed by atoms with E-state index in [1.807, 2.05) is 54.6 Å². The number of benzene rings is 2. The Morgan fingerprint density at radius 3 is 2.52 bits per heavy atom. The van der Waals surface area contributed by atoms with Crippen molar-refractivity contribution in [2.75, 3.05) is 19.7 Å². The minimum absolute atomic E-state index is 0.0911. The highest BCUT2D eigenvalue weighted by atomic mass is 35.5. The van der Waals surface area contributed by atoms with E-state index in [2.05, 4.69) is 4.90 Å². The smallest absolute Gasteiger partial charge is 0.239 e. The van der Waals surface area contributed by atoms with Crippen LogP contribution in [0.2, 0.25) is 5.02 Å². The van der Waals surface area contributed by atoms with Gasteiger partial charge in [-0.05, 0) is 23.3 Å². The zero-order chi connectivity index (χ0) is 16.2. The van der Waals surface area contributed by atoms with Gasteiger partial charge in [0.2, 0.25) is 5.91 Å². The van der Waals surface area contributed by atoms with Gasteiger partial charge in [0.15, 0.2) is 0 Å². The Morgan fingerprint density at radius 1 is 1.17 bits per heavy atom. The summed E-state index contributed by atoms with van der Waals surface area (Å²) < 4.78 is 5.86. The van der Waals surface area contributed by atoms with Gasteiger partial charge in [0.1, 0.15) is 6.04 Å². The molecular formula is C18H19ClN2O2. The monoisotopic (exact) mass is 330 g/mol. The van der Waals surface area contributed by atoms with Crippen molar-refractivity contribution in [2.24, 2.45) is 5.73 Å². The van der Waals surface area contributed by atoms with Crippen LogP contribution >= 0.6 is 11.6 Å². The fraction of sp³-hybridized carbons (Fsp3) is 0.278. The largest absolute Gasteiger partial charge is 0.371 e. The first-order valence-corrected chi connectivity index (χ1v) is 7.98. The summed E-state index contributed by atoms with van der Waals surface area (Å²) in [6.07, 6.45) is -0.0911. The van der Waals surface area contributed by atoms with E-state index in [1.165, 1.54) is 0 Å². The molecule has 1 aliphatic heterocycles. The zero-order valence-corrected chi connectivity index (χ0v) is 13.4. The molecule has 120 valence electrons. The molecule has 1 amide bonds. The van der Waals surface area contributed by atoms with E-state index in [4.69, 9.17) is 22.1 Å². The Morgan fingerprint density at radius 2 is 1.87 bits per heavy atom. The summed E-state index contributed by atoms with van der Waals surface area (Å²) in [6.45, 7) is 1.85. The van der Waals surface area contributed by atoms with Crippen LogP contribution in [0.15, 0.2) is 54.6 Å². The molecule has 1 heterocycles. The normalized spacial score (nSPS) is 20.1. The molecule has 2 unspecified atom stereocenters. The molecule has 23 heavy (non-hydrogen) atoms. The van der Waals surface area contributed by atoms with Gasteiger partial charge in [-0.15, -0.1) is 0 Å². The van der Waals surface area contributed by atoms with Gasteiger partial charge in [-0.3, -0.25) is 9.69 Å². The highest BCUT2D eigenvalue weighted by Gasteiger charge is 2.31. The lowest BCUT2D eigenvalue weighted by atomic mass is 10.0.